The number of hydrogen-bond donors (Lipinski definition) is 0. The molecule has 0 N–H and O–H groups in total. The molecule has 0 saturated carbocycles. The van der Waals surface area contributed by atoms with Crippen molar-refractivity contribution in [3.05, 3.63) is 20.8 Å². The lowest BCUT2D eigenvalue weighted by Gasteiger charge is -2.36. The molecule has 2 atom stereocenters. The summed E-state index contributed by atoms with van der Waals surface area (Å²) in [6.45, 7) is 7.12. The Kier molecular flexibility index (Phi) is 3.86. The fourth-order valence-corrected chi connectivity index (χ4v) is 3.84. The van der Waals surface area contributed by atoms with Gasteiger partial charge in [0, 0.05) is 17.5 Å². The molecule has 0 spiro atoms. The molecule has 2 heterocycles. The van der Waals surface area contributed by atoms with E-state index >= 15 is 0 Å². The first-order valence-electron chi connectivity index (χ1n) is 5.63. The van der Waals surface area contributed by atoms with Crippen molar-refractivity contribution < 1.29 is 0 Å². The van der Waals surface area contributed by atoms with Gasteiger partial charge in [-0.05, 0) is 60.3 Å². The number of likely N-dealkylation sites (tertiary alicyclic amines) is 1. The number of nitrogens with zero attached hydrogens (tertiary/aromatic N) is 1. The monoisotopic (exact) mass is 287 g/mol. The van der Waals surface area contributed by atoms with E-state index in [9.17, 15) is 0 Å². The van der Waals surface area contributed by atoms with Crippen LogP contribution in [0.25, 0.3) is 0 Å². The first kappa shape index (κ1) is 11.6. The van der Waals surface area contributed by atoms with Crippen LogP contribution in [0.5, 0.6) is 0 Å². The van der Waals surface area contributed by atoms with Gasteiger partial charge in [0.25, 0.3) is 0 Å². The number of halogens is 1. The predicted molar refractivity (Wildman–Crippen MR) is 70.3 cm³/mol. The number of thiophene rings is 1. The van der Waals surface area contributed by atoms with E-state index in [-0.39, 0.29) is 0 Å². The van der Waals surface area contributed by atoms with Crippen LogP contribution in [0.1, 0.15) is 31.6 Å². The van der Waals surface area contributed by atoms with Crippen LogP contribution in [0.15, 0.2) is 15.9 Å². The fourth-order valence-electron chi connectivity index (χ4n) is 2.33. The molecule has 0 bridgehead atoms. The summed E-state index contributed by atoms with van der Waals surface area (Å²) < 4.78 is 1.25. The highest BCUT2D eigenvalue weighted by Crippen LogP contribution is 2.27. The van der Waals surface area contributed by atoms with Gasteiger partial charge in [0.2, 0.25) is 0 Å². The minimum absolute atomic E-state index is 0.745. The molecule has 15 heavy (non-hydrogen) atoms. The SMILES string of the molecule is CC1CCN(Cc2ccc(Br)s2)C(C)C1. The van der Waals surface area contributed by atoms with E-state index in [0.717, 1.165) is 18.5 Å². The standard InChI is InChI=1S/C12H18BrNS/c1-9-5-6-14(10(2)7-9)8-11-3-4-12(13)15-11/h3-4,9-10H,5-8H2,1-2H3. The fraction of sp³-hybridized carbons (Fsp3) is 0.667. The Bertz CT molecular complexity index is 323. The van der Waals surface area contributed by atoms with Crippen molar-refractivity contribution >= 4 is 27.3 Å². The van der Waals surface area contributed by atoms with Crippen molar-refractivity contribution in [1.29, 1.82) is 0 Å². The van der Waals surface area contributed by atoms with Crippen molar-refractivity contribution in [2.24, 2.45) is 5.92 Å². The lowest BCUT2D eigenvalue weighted by Crippen LogP contribution is -2.39. The molecule has 1 nitrogen and oxygen atoms in total. The number of hydrogen-bond acceptors (Lipinski definition) is 2. The Morgan fingerprint density at radius 2 is 2.27 bits per heavy atom. The Morgan fingerprint density at radius 1 is 1.47 bits per heavy atom. The van der Waals surface area contributed by atoms with Crippen LogP contribution < -0.4 is 0 Å². The quantitative estimate of drug-likeness (QED) is 0.791. The molecule has 2 unspecified atom stereocenters. The Labute approximate surface area is 105 Å². The van der Waals surface area contributed by atoms with E-state index in [0.29, 0.717) is 0 Å². The zero-order valence-corrected chi connectivity index (χ0v) is 11.8. The minimum Gasteiger partial charge on any atom is -0.296 e. The topological polar surface area (TPSA) is 3.24 Å². The van der Waals surface area contributed by atoms with E-state index in [1.165, 1.54) is 28.0 Å². The summed E-state index contributed by atoms with van der Waals surface area (Å²) in [6, 6.07) is 5.13. The van der Waals surface area contributed by atoms with Gasteiger partial charge < -0.3 is 0 Å². The molecule has 0 radical (unpaired) electrons. The van der Waals surface area contributed by atoms with E-state index < -0.39 is 0 Å². The van der Waals surface area contributed by atoms with E-state index in [4.69, 9.17) is 0 Å². The van der Waals surface area contributed by atoms with Gasteiger partial charge in [-0.2, -0.15) is 0 Å². The van der Waals surface area contributed by atoms with Crippen molar-refractivity contribution in [2.45, 2.75) is 39.3 Å². The second-order valence-corrected chi connectivity index (χ2v) is 7.20. The maximum absolute atomic E-state index is 3.52. The predicted octanol–water partition coefficient (Wildman–Crippen LogP) is 4.13. The largest absolute Gasteiger partial charge is 0.296 e. The highest BCUT2D eigenvalue weighted by atomic mass is 79.9. The van der Waals surface area contributed by atoms with Gasteiger partial charge >= 0.3 is 0 Å². The summed E-state index contributed by atoms with van der Waals surface area (Å²) >= 11 is 5.38. The molecule has 1 aromatic rings. The van der Waals surface area contributed by atoms with Crippen LogP contribution in [-0.4, -0.2) is 17.5 Å². The van der Waals surface area contributed by atoms with Crippen molar-refractivity contribution in [1.82, 2.24) is 4.90 Å². The minimum atomic E-state index is 0.745. The molecule has 1 aliphatic rings. The van der Waals surface area contributed by atoms with Crippen LogP contribution in [0.3, 0.4) is 0 Å². The third-order valence-corrected chi connectivity index (χ3v) is 4.87. The molecular formula is C12H18BrNS. The zero-order chi connectivity index (χ0) is 10.8. The van der Waals surface area contributed by atoms with Crippen molar-refractivity contribution in [3.63, 3.8) is 0 Å². The second kappa shape index (κ2) is 4.98. The van der Waals surface area contributed by atoms with Gasteiger partial charge in [-0.1, -0.05) is 6.92 Å². The smallest absolute Gasteiger partial charge is 0.0701 e. The molecule has 3 heteroatoms. The average molecular weight is 288 g/mol. The molecule has 0 amide bonds. The van der Waals surface area contributed by atoms with E-state index in [1.54, 1.807) is 0 Å². The molecule has 1 aliphatic heterocycles. The highest BCUT2D eigenvalue weighted by Gasteiger charge is 2.22. The normalized spacial score (nSPS) is 28.2. The lowest BCUT2D eigenvalue weighted by atomic mass is 9.93. The number of piperidine rings is 1. The Hall–Kier alpha value is 0.140. The summed E-state index contributed by atoms with van der Waals surface area (Å²) in [5.41, 5.74) is 0. The third-order valence-electron chi connectivity index (χ3n) is 3.26. The maximum atomic E-state index is 3.52. The average Bonchev–Trinajstić information content (AvgIpc) is 2.56. The molecule has 1 fully saturated rings. The van der Waals surface area contributed by atoms with Gasteiger partial charge in [-0.15, -0.1) is 11.3 Å². The van der Waals surface area contributed by atoms with Gasteiger partial charge in [-0.25, -0.2) is 0 Å². The lowest BCUT2D eigenvalue weighted by molar-refractivity contribution is 0.123. The van der Waals surface area contributed by atoms with Gasteiger partial charge in [0.05, 0.1) is 3.79 Å². The van der Waals surface area contributed by atoms with E-state index in [1.807, 2.05) is 11.3 Å². The summed E-state index contributed by atoms with van der Waals surface area (Å²) in [5, 5.41) is 0. The van der Waals surface area contributed by atoms with Gasteiger partial charge in [0.1, 0.15) is 0 Å². The molecule has 1 saturated heterocycles. The molecule has 0 aliphatic carbocycles. The summed E-state index contributed by atoms with van der Waals surface area (Å²) in [6.07, 6.45) is 2.71. The first-order chi connectivity index (χ1) is 7.15. The summed E-state index contributed by atoms with van der Waals surface area (Å²) in [7, 11) is 0. The number of rotatable bonds is 2. The summed E-state index contributed by atoms with van der Waals surface area (Å²) in [5.74, 6) is 0.909. The molecule has 84 valence electrons. The zero-order valence-electron chi connectivity index (χ0n) is 9.37. The van der Waals surface area contributed by atoms with Crippen molar-refractivity contribution in [3.8, 4) is 0 Å². The highest BCUT2D eigenvalue weighted by molar-refractivity contribution is 9.11. The molecule has 1 aromatic heterocycles. The van der Waals surface area contributed by atoms with Crippen LogP contribution in [0.4, 0.5) is 0 Å². The maximum Gasteiger partial charge on any atom is 0.0701 e. The first-order valence-corrected chi connectivity index (χ1v) is 7.24. The van der Waals surface area contributed by atoms with E-state index in [2.05, 4.69) is 46.8 Å². The van der Waals surface area contributed by atoms with Crippen LogP contribution >= 0.6 is 27.3 Å². The van der Waals surface area contributed by atoms with Gasteiger partial charge in [0.15, 0.2) is 0 Å². The van der Waals surface area contributed by atoms with Crippen LogP contribution in [0, 0.1) is 5.92 Å². The molecule has 0 aromatic carbocycles. The van der Waals surface area contributed by atoms with Crippen LogP contribution in [-0.2, 0) is 6.54 Å². The molecular weight excluding hydrogens is 270 g/mol. The Morgan fingerprint density at radius 3 is 2.87 bits per heavy atom. The van der Waals surface area contributed by atoms with Crippen LogP contribution in [0.2, 0.25) is 0 Å². The summed E-state index contributed by atoms with van der Waals surface area (Å²) in [4.78, 5) is 4.08. The second-order valence-electron chi connectivity index (χ2n) is 4.65. The van der Waals surface area contributed by atoms with Gasteiger partial charge in [-0.3, -0.25) is 4.90 Å². The third kappa shape index (κ3) is 3.05. The molecule has 2 rings (SSSR count). The van der Waals surface area contributed by atoms with Crippen molar-refractivity contribution in [2.75, 3.05) is 6.54 Å². The Balaban J connectivity index is 1.94.